The molecule has 2 N–H and O–H groups in total. The Bertz CT molecular complexity index is 656. The van der Waals surface area contributed by atoms with Crippen LogP contribution in [0.5, 0.6) is 0 Å². The summed E-state index contributed by atoms with van der Waals surface area (Å²) in [5.74, 6) is 2.15. The van der Waals surface area contributed by atoms with Crippen LogP contribution in [-0.4, -0.2) is 31.2 Å². The first-order valence-electron chi connectivity index (χ1n) is 7.57. The summed E-state index contributed by atoms with van der Waals surface area (Å²) in [6, 6.07) is 0. The van der Waals surface area contributed by atoms with Gasteiger partial charge >= 0.3 is 0 Å². The molecule has 8 heteroatoms. The molecule has 22 heavy (non-hydrogen) atoms. The number of carbonyl (C=O) groups excluding carboxylic acids is 1. The van der Waals surface area contributed by atoms with E-state index in [1.54, 1.807) is 13.8 Å². The molecule has 2 aromatic rings. The Morgan fingerprint density at radius 1 is 1.27 bits per heavy atom. The maximum Gasteiger partial charge on any atom is 0.228 e. The standard InChI is InChI=1S/C14H20N6O2/c1-9-15-11(19-18-9)8-12(21)17-14(6-4-3-5-7-14)13-16-10(2)22-20-13/h3-8H2,1-2H3,(H,17,21)(H,15,18,19). The SMILES string of the molecule is Cc1nc(CC(=O)NC2(c3noc(C)n3)CCCCC2)n[nH]1. The average Bonchev–Trinajstić information content (AvgIpc) is 3.09. The second kappa shape index (κ2) is 5.86. The van der Waals surface area contributed by atoms with E-state index in [1.807, 2.05) is 0 Å². The van der Waals surface area contributed by atoms with Gasteiger partial charge in [0.2, 0.25) is 11.8 Å². The summed E-state index contributed by atoms with van der Waals surface area (Å²) in [6.45, 7) is 3.56. The second-order valence-corrected chi connectivity index (χ2v) is 5.84. The number of H-pyrrole nitrogens is 1. The van der Waals surface area contributed by atoms with Gasteiger partial charge in [-0.05, 0) is 19.8 Å². The molecule has 3 rings (SSSR count). The fourth-order valence-electron chi connectivity index (χ4n) is 2.98. The predicted molar refractivity (Wildman–Crippen MR) is 76.8 cm³/mol. The molecule has 118 valence electrons. The molecule has 2 aromatic heterocycles. The molecule has 1 aliphatic rings. The number of hydrogen-bond donors (Lipinski definition) is 2. The van der Waals surface area contributed by atoms with Gasteiger partial charge < -0.3 is 9.84 Å². The molecule has 1 fully saturated rings. The van der Waals surface area contributed by atoms with Crippen LogP contribution in [0.25, 0.3) is 0 Å². The molecule has 0 spiro atoms. The summed E-state index contributed by atoms with van der Waals surface area (Å²) in [6.07, 6.45) is 5.02. The predicted octanol–water partition coefficient (Wildman–Crippen LogP) is 1.32. The number of hydrogen-bond acceptors (Lipinski definition) is 6. The van der Waals surface area contributed by atoms with Crippen LogP contribution in [0.2, 0.25) is 0 Å². The van der Waals surface area contributed by atoms with Crippen LogP contribution in [0.4, 0.5) is 0 Å². The lowest BCUT2D eigenvalue weighted by Gasteiger charge is -2.35. The van der Waals surface area contributed by atoms with E-state index in [0.29, 0.717) is 23.4 Å². The van der Waals surface area contributed by atoms with Crippen LogP contribution in [0.3, 0.4) is 0 Å². The van der Waals surface area contributed by atoms with E-state index in [2.05, 4.69) is 30.6 Å². The first-order valence-corrected chi connectivity index (χ1v) is 7.57. The molecular formula is C14H20N6O2. The van der Waals surface area contributed by atoms with Crippen LogP contribution < -0.4 is 5.32 Å². The van der Waals surface area contributed by atoms with E-state index in [1.165, 1.54) is 0 Å². The van der Waals surface area contributed by atoms with Crippen molar-refractivity contribution < 1.29 is 9.32 Å². The summed E-state index contributed by atoms with van der Waals surface area (Å²) in [7, 11) is 0. The van der Waals surface area contributed by atoms with Crippen LogP contribution in [0.15, 0.2) is 4.52 Å². The van der Waals surface area contributed by atoms with Crippen LogP contribution in [-0.2, 0) is 16.8 Å². The summed E-state index contributed by atoms with van der Waals surface area (Å²) < 4.78 is 5.10. The van der Waals surface area contributed by atoms with Gasteiger partial charge in [-0.15, -0.1) is 0 Å². The lowest BCUT2D eigenvalue weighted by Crippen LogP contribution is -2.48. The van der Waals surface area contributed by atoms with Gasteiger partial charge in [-0.25, -0.2) is 4.98 Å². The Hall–Kier alpha value is -2.25. The van der Waals surface area contributed by atoms with Crippen LogP contribution in [0.1, 0.15) is 55.5 Å². The smallest absolute Gasteiger partial charge is 0.228 e. The van der Waals surface area contributed by atoms with Gasteiger partial charge in [-0.3, -0.25) is 9.89 Å². The highest BCUT2D eigenvalue weighted by Crippen LogP contribution is 2.35. The first kappa shape index (κ1) is 14.7. The van der Waals surface area contributed by atoms with Gasteiger partial charge in [-0.1, -0.05) is 24.4 Å². The molecule has 0 atom stereocenters. The van der Waals surface area contributed by atoms with Crippen molar-refractivity contribution in [1.29, 1.82) is 0 Å². The third-order valence-corrected chi connectivity index (χ3v) is 4.00. The van der Waals surface area contributed by atoms with Crippen molar-refractivity contribution >= 4 is 5.91 Å². The number of rotatable bonds is 4. The summed E-state index contributed by atoms with van der Waals surface area (Å²) in [5.41, 5.74) is -0.529. The molecule has 0 unspecified atom stereocenters. The summed E-state index contributed by atoms with van der Waals surface area (Å²) >= 11 is 0. The summed E-state index contributed by atoms with van der Waals surface area (Å²) in [5, 5.41) is 13.9. The van der Waals surface area contributed by atoms with Crippen molar-refractivity contribution in [3.63, 3.8) is 0 Å². The van der Waals surface area contributed by atoms with E-state index in [4.69, 9.17) is 4.52 Å². The number of aromatic nitrogens is 5. The number of nitrogens with zero attached hydrogens (tertiary/aromatic N) is 4. The van der Waals surface area contributed by atoms with E-state index < -0.39 is 5.54 Å². The fraction of sp³-hybridized carbons (Fsp3) is 0.643. The highest BCUT2D eigenvalue weighted by molar-refractivity contribution is 5.78. The fourth-order valence-corrected chi connectivity index (χ4v) is 2.98. The molecule has 0 saturated heterocycles. The molecule has 0 radical (unpaired) electrons. The van der Waals surface area contributed by atoms with E-state index >= 15 is 0 Å². The third-order valence-electron chi connectivity index (χ3n) is 4.00. The zero-order valence-corrected chi connectivity index (χ0v) is 12.8. The van der Waals surface area contributed by atoms with Crippen molar-refractivity contribution in [3.05, 3.63) is 23.4 Å². The molecule has 0 bridgehead atoms. The summed E-state index contributed by atoms with van der Waals surface area (Å²) in [4.78, 5) is 20.9. The maximum atomic E-state index is 12.4. The van der Waals surface area contributed by atoms with Crippen LogP contribution in [0, 0.1) is 13.8 Å². The minimum Gasteiger partial charge on any atom is -0.343 e. The largest absolute Gasteiger partial charge is 0.343 e. The van der Waals surface area contributed by atoms with Crippen molar-refractivity contribution in [2.45, 2.75) is 57.9 Å². The Balaban J connectivity index is 1.76. The second-order valence-electron chi connectivity index (χ2n) is 5.84. The van der Waals surface area contributed by atoms with Crippen molar-refractivity contribution in [2.75, 3.05) is 0 Å². The van der Waals surface area contributed by atoms with Crippen molar-refractivity contribution in [3.8, 4) is 0 Å². The van der Waals surface area contributed by atoms with Crippen molar-refractivity contribution in [1.82, 2.24) is 30.6 Å². The Morgan fingerprint density at radius 2 is 2.05 bits per heavy atom. The van der Waals surface area contributed by atoms with Crippen molar-refractivity contribution in [2.24, 2.45) is 0 Å². The van der Waals surface area contributed by atoms with Gasteiger partial charge in [-0.2, -0.15) is 10.1 Å². The van der Waals surface area contributed by atoms with Gasteiger partial charge in [0.25, 0.3) is 0 Å². The van der Waals surface area contributed by atoms with Gasteiger partial charge in [0.1, 0.15) is 11.4 Å². The quantitative estimate of drug-likeness (QED) is 0.881. The molecule has 1 aliphatic carbocycles. The number of aryl methyl sites for hydroxylation is 2. The molecule has 8 nitrogen and oxygen atoms in total. The molecule has 1 amide bonds. The molecule has 2 heterocycles. The molecule has 1 saturated carbocycles. The molecular weight excluding hydrogens is 284 g/mol. The van der Waals surface area contributed by atoms with E-state index in [0.717, 1.165) is 32.1 Å². The lowest BCUT2D eigenvalue weighted by molar-refractivity contribution is -0.123. The lowest BCUT2D eigenvalue weighted by atomic mass is 9.81. The number of amides is 1. The highest BCUT2D eigenvalue weighted by Gasteiger charge is 2.39. The number of aromatic amines is 1. The normalized spacial score (nSPS) is 17.4. The topological polar surface area (TPSA) is 110 Å². The molecule has 0 aliphatic heterocycles. The maximum absolute atomic E-state index is 12.4. The minimum atomic E-state index is -0.529. The third kappa shape index (κ3) is 3.00. The Kier molecular flexibility index (Phi) is 3.91. The minimum absolute atomic E-state index is 0.122. The van der Waals surface area contributed by atoms with Crippen LogP contribution >= 0.6 is 0 Å². The first-order chi connectivity index (χ1) is 10.6. The Morgan fingerprint density at radius 3 is 2.64 bits per heavy atom. The highest BCUT2D eigenvalue weighted by atomic mass is 16.5. The number of nitrogens with one attached hydrogen (secondary N) is 2. The average molecular weight is 304 g/mol. The van der Waals surface area contributed by atoms with Gasteiger partial charge in [0, 0.05) is 6.92 Å². The van der Waals surface area contributed by atoms with E-state index in [-0.39, 0.29) is 12.3 Å². The monoisotopic (exact) mass is 304 g/mol. The number of carbonyl (C=O) groups is 1. The Labute approximate surface area is 128 Å². The zero-order chi connectivity index (χ0) is 15.6. The van der Waals surface area contributed by atoms with E-state index in [9.17, 15) is 4.79 Å². The van der Waals surface area contributed by atoms with Gasteiger partial charge in [0.05, 0.1) is 6.42 Å². The molecule has 0 aromatic carbocycles. The zero-order valence-electron chi connectivity index (χ0n) is 12.8. The van der Waals surface area contributed by atoms with Gasteiger partial charge in [0.15, 0.2) is 11.6 Å².